The van der Waals surface area contributed by atoms with Gasteiger partial charge in [-0.2, -0.15) is 0 Å². The van der Waals surface area contributed by atoms with E-state index in [1.54, 1.807) is 57.8 Å². The highest BCUT2D eigenvalue weighted by Crippen LogP contribution is 2.45. The highest BCUT2D eigenvalue weighted by Gasteiger charge is 2.33. The Kier molecular flexibility index (Phi) is 11.8. The molecular weight excluding hydrogens is 372 g/mol. The topological polar surface area (TPSA) is 0 Å². The second-order valence-corrected chi connectivity index (χ2v) is 12.5. The SMILES string of the molecule is CCCCCC(CCC)CC(CCC1CCCC1C)C1CCC(C2CCCCC2)CC1. The van der Waals surface area contributed by atoms with Crippen LogP contribution in [0.1, 0.15) is 156 Å². The van der Waals surface area contributed by atoms with Crippen LogP contribution in [0.15, 0.2) is 0 Å². The van der Waals surface area contributed by atoms with Crippen molar-refractivity contribution >= 4 is 0 Å². The Hall–Kier alpha value is 0. The molecule has 4 unspecified atom stereocenters. The summed E-state index contributed by atoms with van der Waals surface area (Å²) in [6, 6.07) is 0. The fourth-order valence-electron chi connectivity index (χ4n) is 8.22. The van der Waals surface area contributed by atoms with Crippen LogP contribution < -0.4 is 0 Å². The number of unbranched alkanes of at least 4 members (excludes halogenated alkanes) is 2. The molecule has 0 nitrogen and oxygen atoms in total. The van der Waals surface area contributed by atoms with Crippen molar-refractivity contribution < 1.29 is 0 Å². The van der Waals surface area contributed by atoms with Gasteiger partial charge in [0.1, 0.15) is 0 Å². The highest BCUT2D eigenvalue weighted by molar-refractivity contribution is 4.85. The van der Waals surface area contributed by atoms with Gasteiger partial charge in [0.05, 0.1) is 0 Å². The lowest BCUT2D eigenvalue weighted by Gasteiger charge is -2.40. The molecule has 3 rings (SSSR count). The molecule has 0 radical (unpaired) electrons. The van der Waals surface area contributed by atoms with Gasteiger partial charge in [0.15, 0.2) is 0 Å². The quantitative estimate of drug-likeness (QED) is 0.255. The van der Waals surface area contributed by atoms with Crippen molar-refractivity contribution in [3.8, 4) is 0 Å². The first kappa shape index (κ1) is 25.6. The third kappa shape index (κ3) is 8.37. The van der Waals surface area contributed by atoms with Gasteiger partial charge < -0.3 is 0 Å². The van der Waals surface area contributed by atoms with Gasteiger partial charge in [-0.3, -0.25) is 0 Å². The second-order valence-electron chi connectivity index (χ2n) is 12.5. The molecule has 31 heavy (non-hydrogen) atoms. The Balaban J connectivity index is 1.54. The van der Waals surface area contributed by atoms with Gasteiger partial charge in [-0.25, -0.2) is 0 Å². The van der Waals surface area contributed by atoms with Crippen LogP contribution in [0.25, 0.3) is 0 Å². The van der Waals surface area contributed by atoms with E-state index in [-0.39, 0.29) is 0 Å². The van der Waals surface area contributed by atoms with Crippen LogP contribution in [0.4, 0.5) is 0 Å². The maximum Gasteiger partial charge on any atom is -0.0383 e. The summed E-state index contributed by atoms with van der Waals surface area (Å²) >= 11 is 0. The number of hydrogen-bond donors (Lipinski definition) is 0. The maximum atomic E-state index is 2.55. The molecule has 0 aromatic carbocycles. The Morgan fingerprint density at radius 2 is 1.39 bits per heavy atom. The molecule has 0 N–H and O–H groups in total. The van der Waals surface area contributed by atoms with Crippen molar-refractivity contribution in [1.29, 1.82) is 0 Å². The zero-order chi connectivity index (χ0) is 21.9. The molecule has 0 amide bonds. The fourth-order valence-corrected chi connectivity index (χ4v) is 8.22. The minimum absolute atomic E-state index is 1.01. The van der Waals surface area contributed by atoms with E-state index >= 15 is 0 Å². The number of hydrogen-bond acceptors (Lipinski definition) is 0. The van der Waals surface area contributed by atoms with Crippen LogP contribution >= 0.6 is 0 Å². The zero-order valence-corrected chi connectivity index (χ0v) is 21.9. The van der Waals surface area contributed by atoms with E-state index in [0.29, 0.717) is 0 Å². The predicted molar refractivity (Wildman–Crippen MR) is 138 cm³/mol. The summed E-state index contributed by atoms with van der Waals surface area (Å²) in [5.41, 5.74) is 0. The number of rotatable bonds is 13. The monoisotopic (exact) mass is 430 g/mol. The Morgan fingerprint density at radius 3 is 2.03 bits per heavy atom. The molecule has 0 aliphatic heterocycles. The van der Waals surface area contributed by atoms with Gasteiger partial charge in [-0.1, -0.05) is 111 Å². The van der Waals surface area contributed by atoms with Gasteiger partial charge in [0.2, 0.25) is 0 Å². The largest absolute Gasteiger partial charge is 0.0654 e. The zero-order valence-electron chi connectivity index (χ0n) is 21.9. The average molecular weight is 431 g/mol. The summed E-state index contributed by atoms with van der Waals surface area (Å²) in [4.78, 5) is 0. The van der Waals surface area contributed by atoms with Crippen molar-refractivity contribution in [1.82, 2.24) is 0 Å². The molecule has 4 atom stereocenters. The molecule has 3 aliphatic carbocycles. The third-order valence-corrected chi connectivity index (χ3v) is 10.3. The van der Waals surface area contributed by atoms with E-state index in [0.717, 1.165) is 41.4 Å². The van der Waals surface area contributed by atoms with E-state index in [1.807, 2.05) is 0 Å². The fraction of sp³-hybridized carbons (Fsp3) is 1.00. The summed E-state index contributed by atoms with van der Waals surface area (Å²) in [7, 11) is 0. The van der Waals surface area contributed by atoms with E-state index in [4.69, 9.17) is 0 Å². The summed E-state index contributed by atoms with van der Waals surface area (Å²) in [5.74, 6) is 7.43. The molecule has 0 heterocycles. The molecule has 3 saturated carbocycles. The standard InChI is InChI=1S/C31H58/c1-4-6-8-14-26(12-5-2)24-31(23-18-27-17-11-13-25(27)3)30-21-19-29(20-22-30)28-15-9-7-10-16-28/h25-31H,4-24H2,1-3H3. The van der Waals surface area contributed by atoms with Crippen LogP contribution in [-0.4, -0.2) is 0 Å². The van der Waals surface area contributed by atoms with Crippen LogP contribution in [0.3, 0.4) is 0 Å². The molecule has 0 heteroatoms. The molecule has 3 aliphatic rings. The summed E-state index contributed by atoms with van der Waals surface area (Å²) in [6.07, 6.45) is 32.1. The van der Waals surface area contributed by atoms with Gasteiger partial charge in [-0.15, -0.1) is 0 Å². The van der Waals surface area contributed by atoms with Gasteiger partial charge in [0, 0.05) is 0 Å². The highest BCUT2D eigenvalue weighted by atomic mass is 14.4. The molecule has 0 aromatic rings. The van der Waals surface area contributed by atoms with E-state index in [1.165, 1.54) is 77.0 Å². The lowest BCUT2D eigenvalue weighted by atomic mass is 9.66. The molecule has 182 valence electrons. The summed E-state index contributed by atoms with van der Waals surface area (Å²) in [6.45, 7) is 7.34. The second kappa shape index (κ2) is 14.3. The third-order valence-electron chi connectivity index (χ3n) is 10.3. The lowest BCUT2D eigenvalue weighted by molar-refractivity contribution is 0.117. The first-order chi connectivity index (χ1) is 15.2. The van der Waals surface area contributed by atoms with E-state index in [9.17, 15) is 0 Å². The molecule has 3 fully saturated rings. The molecule has 0 aromatic heterocycles. The Bertz CT molecular complexity index is 439. The molecular formula is C31H58. The minimum atomic E-state index is 1.01. The molecule has 0 bridgehead atoms. The van der Waals surface area contributed by atoms with E-state index < -0.39 is 0 Å². The Labute approximate surface area is 197 Å². The lowest BCUT2D eigenvalue weighted by Crippen LogP contribution is -2.28. The van der Waals surface area contributed by atoms with Crippen molar-refractivity contribution in [3.63, 3.8) is 0 Å². The van der Waals surface area contributed by atoms with E-state index in [2.05, 4.69) is 20.8 Å². The average Bonchev–Trinajstić information content (AvgIpc) is 3.22. The van der Waals surface area contributed by atoms with Crippen LogP contribution in [0, 0.1) is 41.4 Å². The predicted octanol–water partition coefficient (Wildman–Crippen LogP) is 10.6. The van der Waals surface area contributed by atoms with Crippen molar-refractivity contribution in [2.75, 3.05) is 0 Å². The van der Waals surface area contributed by atoms with Crippen molar-refractivity contribution in [3.05, 3.63) is 0 Å². The Morgan fingerprint density at radius 1 is 0.645 bits per heavy atom. The van der Waals surface area contributed by atoms with Gasteiger partial charge in [0.25, 0.3) is 0 Å². The molecule has 0 saturated heterocycles. The van der Waals surface area contributed by atoms with Crippen LogP contribution in [0.2, 0.25) is 0 Å². The maximum absolute atomic E-state index is 2.55. The smallest absolute Gasteiger partial charge is 0.0383 e. The first-order valence-electron chi connectivity index (χ1n) is 15.2. The van der Waals surface area contributed by atoms with Crippen molar-refractivity contribution in [2.24, 2.45) is 41.4 Å². The summed E-state index contributed by atoms with van der Waals surface area (Å²) < 4.78 is 0. The van der Waals surface area contributed by atoms with Gasteiger partial charge >= 0.3 is 0 Å². The minimum Gasteiger partial charge on any atom is -0.0654 e. The summed E-state index contributed by atoms with van der Waals surface area (Å²) in [5, 5.41) is 0. The molecule has 0 spiro atoms. The van der Waals surface area contributed by atoms with Crippen LogP contribution in [-0.2, 0) is 0 Å². The van der Waals surface area contributed by atoms with Crippen molar-refractivity contribution in [2.45, 2.75) is 156 Å². The van der Waals surface area contributed by atoms with Crippen LogP contribution in [0.5, 0.6) is 0 Å². The first-order valence-corrected chi connectivity index (χ1v) is 15.2. The van der Waals surface area contributed by atoms with Gasteiger partial charge in [-0.05, 0) is 86.4 Å². The normalized spacial score (nSPS) is 32.2.